The molecule has 15 heteroatoms. The number of carbonyl (C=O) groups is 2. The van der Waals surface area contributed by atoms with Gasteiger partial charge in [0.2, 0.25) is 5.91 Å². The summed E-state index contributed by atoms with van der Waals surface area (Å²) in [7, 11) is -4.85. The first-order chi connectivity index (χ1) is 14.4. The monoisotopic (exact) mass is 489 g/mol. The van der Waals surface area contributed by atoms with E-state index in [1.54, 1.807) is 4.90 Å². The number of hydrogen-bond donors (Lipinski definition) is 8. The summed E-state index contributed by atoms with van der Waals surface area (Å²) < 4.78 is 15.0. The zero-order chi connectivity index (χ0) is 23.1. The van der Waals surface area contributed by atoms with Crippen LogP contribution in [-0.2, 0) is 13.9 Å². The Morgan fingerprint density at radius 2 is 1.75 bits per heavy atom. The summed E-state index contributed by atoms with van der Waals surface area (Å²) in [5, 5.41) is 39.0. The predicted molar refractivity (Wildman–Crippen MR) is 111 cm³/mol. The SMILES string of the molecule is CC1CC2NC3C(=O)NC(=O)NC3N(C[C@H](O)[C@H](O)[C@H](O)COP(=O)(O)O)C2CC1C.[Na]. The minimum Gasteiger partial charge on any atom is -0.389 e. The third kappa shape index (κ3) is 6.49. The van der Waals surface area contributed by atoms with Crippen molar-refractivity contribution < 1.29 is 43.8 Å². The number of piperazine rings is 1. The maximum absolute atomic E-state index is 12.4. The molecule has 3 rings (SSSR count). The number of phosphoric ester groups is 1. The minimum atomic E-state index is -4.85. The van der Waals surface area contributed by atoms with Gasteiger partial charge in [-0.25, -0.2) is 9.36 Å². The topological polar surface area (TPSA) is 201 Å². The fourth-order valence-corrected chi connectivity index (χ4v) is 5.03. The fourth-order valence-electron chi connectivity index (χ4n) is 4.68. The molecule has 0 bridgehead atoms. The largest absolute Gasteiger partial charge is 0.469 e. The number of nitrogens with zero attached hydrogens (tertiary/aromatic N) is 1. The Kier molecular flexibility index (Phi) is 9.71. The molecule has 13 nitrogen and oxygen atoms in total. The summed E-state index contributed by atoms with van der Waals surface area (Å²) in [5.74, 6) is 0.253. The molecule has 2 aliphatic heterocycles. The molecular weight excluding hydrogens is 458 g/mol. The van der Waals surface area contributed by atoms with Gasteiger partial charge < -0.3 is 30.4 Å². The second-order valence-electron chi connectivity index (χ2n) is 8.76. The van der Waals surface area contributed by atoms with E-state index in [0.717, 1.165) is 12.8 Å². The van der Waals surface area contributed by atoms with Crippen LogP contribution in [0.4, 0.5) is 4.79 Å². The molecule has 0 aromatic rings. The van der Waals surface area contributed by atoms with Gasteiger partial charge in [0.05, 0.1) is 12.7 Å². The number of fused-ring (bicyclic) bond motifs is 2. The number of aliphatic hydroxyl groups is 3. The predicted octanol–water partition coefficient (Wildman–Crippen LogP) is -2.96. The number of nitrogens with one attached hydrogen (secondary N) is 3. The van der Waals surface area contributed by atoms with E-state index in [-0.39, 0.29) is 48.2 Å². The zero-order valence-electron chi connectivity index (χ0n) is 18.3. The molecule has 3 aliphatic rings. The molecular formula is C17H31N4NaO9P. The number of carbonyl (C=O) groups excluding carboxylic acids is 2. The maximum Gasteiger partial charge on any atom is 0.469 e. The van der Waals surface area contributed by atoms with Gasteiger partial charge in [0.15, 0.2) is 0 Å². The van der Waals surface area contributed by atoms with E-state index >= 15 is 0 Å². The summed E-state index contributed by atoms with van der Waals surface area (Å²) in [6, 6.07) is -1.66. The molecule has 1 radical (unpaired) electrons. The molecule has 3 amide bonds. The molecule has 0 aromatic heterocycles. The molecule has 179 valence electrons. The van der Waals surface area contributed by atoms with E-state index in [2.05, 4.69) is 34.3 Å². The third-order valence-electron chi connectivity index (χ3n) is 6.57. The molecule has 1 aliphatic carbocycles. The van der Waals surface area contributed by atoms with Crippen LogP contribution in [0.3, 0.4) is 0 Å². The van der Waals surface area contributed by atoms with Crippen LogP contribution in [0.25, 0.3) is 0 Å². The van der Waals surface area contributed by atoms with Gasteiger partial charge in [-0.15, -0.1) is 0 Å². The quantitative estimate of drug-likeness (QED) is 0.134. The van der Waals surface area contributed by atoms with Crippen molar-refractivity contribution >= 4 is 49.3 Å². The van der Waals surface area contributed by atoms with Gasteiger partial charge in [0, 0.05) is 48.2 Å². The van der Waals surface area contributed by atoms with E-state index < -0.39 is 56.9 Å². The van der Waals surface area contributed by atoms with Gasteiger partial charge in [-0.3, -0.25) is 24.9 Å². The number of rotatable bonds is 7. The van der Waals surface area contributed by atoms with Crippen molar-refractivity contribution in [2.75, 3.05) is 13.2 Å². The maximum atomic E-state index is 12.4. The van der Waals surface area contributed by atoms with Crippen LogP contribution in [0.2, 0.25) is 0 Å². The van der Waals surface area contributed by atoms with Crippen LogP contribution >= 0.6 is 7.82 Å². The van der Waals surface area contributed by atoms with Gasteiger partial charge in [-0.1, -0.05) is 13.8 Å². The van der Waals surface area contributed by atoms with Crippen molar-refractivity contribution in [2.45, 2.75) is 69.3 Å². The zero-order valence-corrected chi connectivity index (χ0v) is 21.2. The summed E-state index contributed by atoms with van der Waals surface area (Å²) in [6.07, 6.45) is -4.33. The van der Waals surface area contributed by atoms with Crippen LogP contribution in [-0.4, -0.2) is 127 Å². The Bertz CT molecular complexity index is 743. The van der Waals surface area contributed by atoms with Gasteiger partial charge in [0.25, 0.3) is 0 Å². The number of urea groups is 1. The fraction of sp³-hybridized carbons (Fsp3) is 0.882. The second-order valence-corrected chi connectivity index (χ2v) is 10.00. The minimum absolute atomic E-state index is 0. The van der Waals surface area contributed by atoms with Crippen LogP contribution in [0.5, 0.6) is 0 Å². The van der Waals surface area contributed by atoms with E-state index in [1.165, 1.54) is 0 Å². The summed E-state index contributed by atoms with van der Waals surface area (Å²) in [6.45, 7) is 3.16. The van der Waals surface area contributed by atoms with E-state index in [9.17, 15) is 29.5 Å². The average Bonchev–Trinajstić information content (AvgIpc) is 2.67. The van der Waals surface area contributed by atoms with Crippen molar-refractivity contribution in [2.24, 2.45) is 11.8 Å². The van der Waals surface area contributed by atoms with Crippen molar-refractivity contribution in [1.82, 2.24) is 20.9 Å². The number of β-amino-alcohol motifs (C(OH)–C–C–N with tert-alkyl or cyclic N) is 1. The third-order valence-corrected chi connectivity index (χ3v) is 7.05. The summed E-state index contributed by atoms with van der Waals surface area (Å²) in [5.41, 5.74) is 0. The van der Waals surface area contributed by atoms with Crippen LogP contribution < -0.4 is 16.0 Å². The normalized spacial score (nSPS) is 36.0. The Morgan fingerprint density at radius 3 is 2.38 bits per heavy atom. The molecule has 6 unspecified atom stereocenters. The number of aliphatic hydroxyl groups excluding tert-OH is 3. The summed E-state index contributed by atoms with van der Waals surface area (Å²) in [4.78, 5) is 43.6. The van der Waals surface area contributed by atoms with E-state index in [0.29, 0.717) is 11.8 Å². The van der Waals surface area contributed by atoms with E-state index in [1.807, 2.05) is 0 Å². The molecule has 2 saturated heterocycles. The smallest absolute Gasteiger partial charge is 0.389 e. The van der Waals surface area contributed by atoms with Crippen molar-refractivity contribution in [3.05, 3.63) is 0 Å². The first kappa shape index (κ1) is 28.1. The van der Waals surface area contributed by atoms with Gasteiger partial charge in [-0.2, -0.15) is 0 Å². The molecule has 1 saturated carbocycles. The standard InChI is InChI=1S/C17H31N4O9P.Na/c1-7-3-9-10(4-8(7)2)21(15-13(18-9)16(25)20-17(26)19-15)5-11(22)14(24)12(23)6-30-31(27,28)29;/h7-15,18,22-24H,3-6H2,1-2H3,(H2,27,28,29)(H2,19,20,25,26);/t7?,8?,9?,10?,11-,12+,13?,14-,15?;/m0./s1. The molecule has 3 fully saturated rings. The average molecular weight is 489 g/mol. The molecule has 32 heavy (non-hydrogen) atoms. The van der Waals surface area contributed by atoms with Crippen LogP contribution in [0, 0.1) is 11.8 Å². The number of imide groups is 1. The Morgan fingerprint density at radius 1 is 1.12 bits per heavy atom. The molecule has 0 spiro atoms. The van der Waals surface area contributed by atoms with Gasteiger partial charge in [-0.05, 0) is 24.7 Å². The molecule has 9 atom stereocenters. The molecule has 8 N–H and O–H groups in total. The van der Waals surface area contributed by atoms with Gasteiger partial charge >= 0.3 is 13.9 Å². The van der Waals surface area contributed by atoms with Crippen LogP contribution in [0.1, 0.15) is 26.7 Å². The van der Waals surface area contributed by atoms with Crippen molar-refractivity contribution in [3.8, 4) is 0 Å². The Labute approximate surface area is 207 Å². The van der Waals surface area contributed by atoms with Gasteiger partial charge in [0.1, 0.15) is 24.4 Å². The molecule has 2 heterocycles. The number of amides is 3. The van der Waals surface area contributed by atoms with Crippen molar-refractivity contribution in [1.29, 1.82) is 0 Å². The number of phosphoric acid groups is 1. The second kappa shape index (κ2) is 11.1. The van der Waals surface area contributed by atoms with Crippen molar-refractivity contribution in [3.63, 3.8) is 0 Å². The Balaban J connectivity index is 0.00000363. The van der Waals surface area contributed by atoms with Crippen LogP contribution in [0.15, 0.2) is 0 Å². The first-order valence-electron chi connectivity index (χ1n) is 10.2. The first-order valence-corrected chi connectivity index (χ1v) is 11.8. The number of hydrogen-bond acceptors (Lipinski definition) is 9. The summed E-state index contributed by atoms with van der Waals surface area (Å²) >= 11 is 0. The molecule has 0 aromatic carbocycles. The Hall–Kier alpha value is -0.150. The van der Waals surface area contributed by atoms with E-state index in [4.69, 9.17) is 9.79 Å².